The molecule has 132 valence electrons. The van der Waals surface area contributed by atoms with Gasteiger partial charge in [-0.1, -0.05) is 47.5 Å². The molecule has 0 spiro atoms. The van der Waals surface area contributed by atoms with Crippen molar-refractivity contribution in [3.63, 3.8) is 0 Å². The van der Waals surface area contributed by atoms with Gasteiger partial charge >= 0.3 is 5.97 Å². The van der Waals surface area contributed by atoms with Crippen LogP contribution in [0.3, 0.4) is 0 Å². The second-order valence-electron chi connectivity index (χ2n) is 6.30. The molecule has 1 amide bonds. The fourth-order valence-corrected chi connectivity index (χ4v) is 2.89. The van der Waals surface area contributed by atoms with E-state index in [-0.39, 0.29) is 5.91 Å². The van der Waals surface area contributed by atoms with Gasteiger partial charge in [0.25, 0.3) is 5.91 Å². The van der Waals surface area contributed by atoms with E-state index in [1.165, 1.54) is 12.7 Å². The predicted molar refractivity (Wildman–Crippen MR) is 98.6 cm³/mol. The Morgan fingerprint density at radius 3 is 2.28 bits per heavy atom. The zero-order chi connectivity index (χ0) is 18.2. The molecule has 4 heteroatoms. The van der Waals surface area contributed by atoms with Crippen LogP contribution in [0.5, 0.6) is 0 Å². The van der Waals surface area contributed by atoms with E-state index in [4.69, 9.17) is 4.74 Å². The Morgan fingerprint density at radius 1 is 1.04 bits per heavy atom. The Morgan fingerprint density at radius 2 is 1.68 bits per heavy atom. The summed E-state index contributed by atoms with van der Waals surface area (Å²) in [7, 11) is 1.34. The average molecular weight is 339 g/mol. The molecule has 2 aromatic rings. The van der Waals surface area contributed by atoms with Crippen molar-refractivity contribution in [3.8, 4) is 0 Å². The van der Waals surface area contributed by atoms with E-state index >= 15 is 0 Å². The van der Waals surface area contributed by atoms with Gasteiger partial charge in [0.2, 0.25) is 0 Å². The number of amides is 1. The van der Waals surface area contributed by atoms with E-state index in [1.54, 1.807) is 0 Å². The molecule has 0 radical (unpaired) electrons. The molecule has 0 bridgehead atoms. The molecule has 0 heterocycles. The first-order valence-electron chi connectivity index (χ1n) is 8.50. The summed E-state index contributed by atoms with van der Waals surface area (Å²) in [5.74, 6) is -0.660. The Labute approximate surface area is 149 Å². The molecule has 0 aliphatic rings. The third-order valence-electron chi connectivity index (χ3n) is 4.08. The van der Waals surface area contributed by atoms with Crippen LogP contribution in [0.1, 0.15) is 39.9 Å². The predicted octanol–water partition coefficient (Wildman–Crippen LogP) is 3.60. The number of esters is 1. The second kappa shape index (κ2) is 9.02. The summed E-state index contributed by atoms with van der Waals surface area (Å²) in [6, 6.07) is 15.1. The molecule has 0 aliphatic heterocycles. The van der Waals surface area contributed by atoms with Crippen molar-refractivity contribution >= 4 is 11.9 Å². The zero-order valence-corrected chi connectivity index (χ0v) is 15.0. The standard InChI is InChI=1S/C21H25NO3/c1-15-12-16(2)14-18(13-15)20(23)22-19(21(24)25-3)11-7-10-17-8-5-4-6-9-17/h4-6,8-9,12-14,19H,7,10-11H2,1-3H3,(H,22,23)/t19-/m0/s1. The van der Waals surface area contributed by atoms with E-state index < -0.39 is 12.0 Å². The van der Waals surface area contributed by atoms with Crippen LogP contribution in [0.15, 0.2) is 48.5 Å². The first-order chi connectivity index (χ1) is 12.0. The zero-order valence-electron chi connectivity index (χ0n) is 15.0. The molecule has 0 saturated heterocycles. The lowest BCUT2D eigenvalue weighted by Crippen LogP contribution is -2.41. The molecule has 1 atom stereocenters. The lowest BCUT2D eigenvalue weighted by molar-refractivity contribution is -0.143. The lowest BCUT2D eigenvalue weighted by atomic mass is 10.0. The van der Waals surface area contributed by atoms with Crippen LogP contribution < -0.4 is 5.32 Å². The van der Waals surface area contributed by atoms with E-state index in [1.807, 2.05) is 50.2 Å². The number of methoxy groups -OCH3 is 1. The van der Waals surface area contributed by atoms with Gasteiger partial charge in [-0.25, -0.2) is 4.79 Å². The van der Waals surface area contributed by atoms with Gasteiger partial charge < -0.3 is 10.1 Å². The van der Waals surface area contributed by atoms with Crippen LogP contribution in [0.4, 0.5) is 0 Å². The molecule has 0 fully saturated rings. The molecule has 2 aromatic carbocycles. The highest BCUT2D eigenvalue weighted by Gasteiger charge is 2.22. The van der Waals surface area contributed by atoms with Crippen molar-refractivity contribution < 1.29 is 14.3 Å². The summed E-state index contributed by atoms with van der Waals surface area (Å²) in [5.41, 5.74) is 3.81. The molecule has 25 heavy (non-hydrogen) atoms. The van der Waals surface area contributed by atoms with Crippen molar-refractivity contribution in [2.45, 2.75) is 39.2 Å². The summed E-state index contributed by atoms with van der Waals surface area (Å²) in [4.78, 5) is 24.5. The Kier molecular flexibility index (Phi) is 6.75. The highest BCUT2D eigenvalue weighted by molar-refractivity contribution is 5.97. The fraction of sp³-hybridized carbons (Fsp3) is 0.333. The second-order valence-corrected chi connectivity index (χ2v) is 6.30. The van der Waals surface area contributed by atoms with Crippen LogP contribution in [0.25, 0.3) is 0 Å². The number of aryl methyl sites for hydroxylation is 3. The van der Waals surface area contributed by atoms with Crippen LogP contribution >= 0.6 is 0 Å². The third-order valence-corrected chi connectivity index (χ3v) is 4.08. The van der Waals surface area contributed by atoms with Crippen molar-refractivity contribution in [1.82, 2.24) is 5.32 Å². The van der Waals surface area contributed by atoms with Gasteiger partial charge in [-0.05, 0) is 50.8 Å². The van der Waals surface area contributed by atoms with Crippen molar-refractivity contribution in [2.24, 2.45) is 0 Å². The summed E-state index contributed by atoms with van der Waals surface area (Å²) >= 11 is 0. The number of nitrogens with one attached hydrogen (secondary N) is 1. The highest BCUT2D eigenvalue weighted by atomic mass is 16.5. The molecule has 0 unspecified atom stereocenters. The van der Waals surface area contributed by atoms with Gasteiger partial charge in [0.1, 0.15) is 6.04 Å². The number of hydrogen-bond acceptors (Lipinski definition) is 3. The maximum absolute atomic E-state index is 12.5. The molecular weight excluding hydrogens is 314 g/mol. The van der Waals surface area contributed by atoms with E-state index in [9.17, 15) is 9.59 Å². The first-order valence-corrected chi connectivity index (χ1v) is 8.50. The summed E-state index contributed by atoms with van der Waals surface area (Å²) in [5, 5.41) is 2.81. The molecule has 2 rings (SSSR count). The minimum absolute atomic E-state index is 0.248. The lowest BCUT2D eigenvalue weighted by Gasteiger charge is -2.17. The Hall–Kier alpha value is -2.62. The largest absolute Gasteiger partial charge is 0.467 e. The molecule has 1 N–H and O–H groups in total. The summed E-state index contributed by atoms with van der Waals surface area (Å²) in [6.45, 7) is 3.89. The van der Waals surface area contributed by atoms with Gasteiger partial charge in [-0.3, -0.25) is 4.79 Å². The van der Waals surface area contributed by atoms with Crippen LogP contribution in [-0.4, -0.2) is 25.0 Å². The number of hydrogen-bond donors (Lipinski definition) is 1. The smallest absolute Gasteiger partial charge is 0.328 e. The van der Waals surface area contributed by atoms with E-state index in [2.05, 4.69) is 17.4 Å². The van der Waals surface area contributed by atoms with Gasteiger partial charge in [0.05, 0.1) is 7.11 Å². The number of benzene rings is 2. The maximum atomic E-state index is 12.5. The van der Waals surface area contributed by atoms with Crippen molar-refractivity contribution in [3.05, 3.63) is 70.8 Å². The number of rotatable bonds is 7. The highest BCUT2D eigenvalue weighted by Crippen LogP contribution is 2.11. The van der Waals surface area contributed by atoms with Crippen LogP contribution in [-0.2, 0) is 16.0 Å². The van der Waals surface area contributed by atoms with E-state index in [0.29, 0.717) is 12.0 Å². The average Bonchev–Trinajstić information content (AvgIpc) is 2.60. The van der Waals surface area contributed by atoms with Gasteiger partial charge in [0.15, 0.2) is 0 Å². The number of ether oxygens (including phenoxy) is 1. The topological polar surface area (TPSA) is 55.4 Å². The molecular formula is C21H25NO3. The van der Waals surface area contributed by atoms with Gasteiger partial charge in [-0.2, -0.15) is 0 Å². The number of carbonyl (C=O) groups excluding carboxylic acids is 2. The quantitative estimate of drug-likeness (QED) is 0.784. The summed E-state index contributed by atoms with van der Waals surface area (Å²) < 4.78 is 4.85. The molecule has 0 saturated carbocycles. The van der Waals surface area contributed by atoms with Gasteiger partial charge in [-0.15, -0.1) is 0 Å². The van der Waals surface area contributed by atoms with E-state index in [0.717, 1.165) is 24.0 Å². The first kappa shape index (κ1) is 18.7. The molecule has 0 aliphatic carbocycles. The van der Waals surface area contributed by atoms with Crippen molar-refractivity contribution in [2.75, 3.05) is 7.11 Å². The minimum Gasteiger partial charge on any atom is -0.467 e. The molecule has 0 aromatic heterocycles. The Bertz CT molecular complexity index is 705. The van der Waals surface area contributed by atoms with Crippen molar-refractivity contribution in [1.29, 1.82) is 0 Å². The number of carbonyl (C=O) groups is 2. The molecule has 4 nitrogen and oxygen atoms in total. The maximum Gasteiger partial charge on any atom is 0.328 e. The third kappa shape index (κ3) is 5.75. The SMILES string of the molecule is COC(=O)[C@H](CCCc1ccccc1)NC(=O)c1cc(C)cc(C)c1. The van der Waals surface area contributed by atoms with Crippen LogP contribution in [0.2, 0.25) is 0 Å². The summed E-state index contributed by atoms with van der Waals surface area (Å²) in [6.07, 6.45) is 2.18. The Balaban J connectivity index is 1.99. The normalized spacial score (nSPS) is 11.6. The van der Waals surface area contributed by atoms with Gasteiger partial charge in [0, 0.05) is 5.56 Å². The minimum atomic E-state index is -0.637. The monoisotopic (exact) mass is 339 g/mol. The van der Waals surface area contributed by atoms with Crippen LogP contribution in [0, 0.1) is 13.8 Å². The fourth-order valence-electron chi connectivity index (χ4n) is 2.89.